The van der Waals surface area contributed by atoms with Crippen molar-refractivity contribution in [2.45, 2.75) is 13.3 Å². The zero-order valence-corrected chi connectivity index (χ0v) is 15.9. The van der Waals surface area contributed by atoms with E-state index < -0.39 is 17.7 Å². The third kappa shape index (κ3) is 6.48. The van der Waals surface area contributed by atoms with Gasteiger partial charge in [0.05, 0.1) is 24.8 Å². The molecule has 0 heterocycles. The van der Waals surface area contributed by atoms with Crippen LogP contribution >= 0.6 is 0 Å². The van der Waals surface area contributed by atoms with E-state index in [2.05, 4.69) is 21.2 Å². The van der Waals surface area contributed by atoms with E-state index in [1.807, 2.05) is 6.07 Å². The van der Waals surface area contributed by atoms with Gasteiger partial charge in [0.25, 0.3) is 0 Å². The number of anilines is 2. The zero-order valence-electron chi connectivity index (χ0n) is 15.9. The fraction of sp³-hybridized carbons (Fsp3) is 0.150. The highest BCUT2D eigenvalue weighted by molar-refractivity contribution is 6.39. The van der Waals surface area contributed by atoms with Crippen molar-refractivity contribution in [3.8, 4) is 11.8 Å². The van der Waals surface area contributed by atoms with E-state index in [0.717, 1.165) is 0 Å². The van der Waals surface area contributed by atoms with Crippen molar-refractivity contribution in [3.05, 3.63) is 54.1 Å². The molecule has 0 saturated carbocycles. The molecular weight excluding hydrogens is 374 g/mol. The first-order valence-electron chi connectivity index (χ1n) is 8.50. The zero-order chi connectivity index (χ0) is 21.2. The Bertz CT molecular complexity index is 994. The Morgan fingerprint density at radius 1 is 1.07 bits per heavy atom. The van der Waals surface area contributed by atoms with Gasteiger partial charge in [0.1, 0.15) is 11.8 Å². The molecule has 148 valence electrons. The molecule has 0 unspecified atom stereocenters. The molecule has 3 amide bonds. The van der Waals surface area contributed by atoms with Crippen LogP contribution in [0.3, 0.4) is 0 Å². The number of nitriles is 1. The smallest absolute Gasteiger partial charge is 0.329 e. The topological polar surface area (TPSA) is 133 Å². The van der Waals surface area contributed by atoms with Gasteiger partial charge in [0.15, 0.2) is 0 Å². The maximum Gasteiger partial charge on any atom is 0.329 e. The van der Waals surface area contributed by atoms with Crippen LogP contribution < -0.4 is 20.8 Å². The summed E-state index contributed by atoms with van der Waals surface area (Å²) in [5.41, 5.74) is 3.48. The van der Waals surface area contributed by atoms with Crippen molar-refractivity contribution in [1.29, 1.82) is 5.26 Å². The molecule has 0 aliphatic rings. The number of amides is 3. The van der Waals surface area contributed by atoms with E-state index in [1.54, 1.807) is 48.5 Å². The van der Waals surface area contributed by atoms with E-state index in [0.29, 0.717) is 22.7 Å². The summed E-state index contributed by atoms with van der Waals surface area (Å²) >= 11 is 0. The van der Waals surface area contributed by atoms with E-state index >= 15 is 0 Å². The number of carbonyl (C=O) groups is 3. The molecule has 0 bridgehead atoms. The van der Waals surface area contributed by atoms with Gasteiger partial charge < -0.3 is 15.4 Å². The number of methoxy groups -OCH3 is 1. The molecular formula is C20H19N5O4. The molecule has 29 heavy (non-hydrogen) atoms. The molecule has 0 spiro atoms. The number of benzene rings is 2. The lowest BCUT2D eigenvalue weighted by molar-refractivity contribution is -0.136. The van der Waals surface area contributed by atoms with Crippen molar-refractivity contribution in [1.82, 2.24) is 5.43 Å². The Morgan fingerprint density at radius 3 is 2.55 bits per heavy atom. The van der Waals surface area contributed by atoms with Crippen molar-refractivity contribution in [2.24, 2.45) is 5.10 Å². The average molecular weight is 393 g/mol. The molecule has 0 radical (unpaired) electrons. The minimum atomic E-state index is -0.984. The molecule has 0 fully saturated rings. The van der Waals surface area contributed by atoms with Crippen LogP contribution in [0, 0.1) is 11.3 Å². The standard InChI is InChI=1S/C20H19N5O4/c1-13(10-18(26)23-17-9-4-3-6-14(17)12-21)24-25-20(28)19(27)22-15-7-5-8-16(11-15)29-2/h3-9,11H,10H2,1-2H3,(H,22,27)(H,23,26)(H,25,28). The van der Waals surface area contributed by atoms with Gasteiger partial charge >= 0.3 is 11.8 Å². The van der Waals surface area contributed by atoms with Crippen molar-refractivity contribution in [2.75, 3.05) is 17.7 Å². The van der Waals surface area contributed by atoms with Crippen LogP contribution in [-0.4, -0.2) is 30.5 Å². The predicted octanol–water partition coefficient (Wildman–Crippen LogP) is 2.03. The third-order valence-electron chi connectivity index (χ3n) is 3.62. The minimum absolute atomic E-state index is 0.127. The Kier molecular flexibility index (Phi) is 7.44. The molecule has 0 atom stereocenters. The summed E-state index contributed by atoms with van der Waals surface area (Å²) in [7, 11) is 1.49. The SMILES string of the molecule is COc1cccc(NC(=O)C(=O)NN=C(C)CC(=O)Nc2ccccc2C#N)c1. The number of hydrazone groups is 1. The fourth-order valence-electron chi connectivity index (χ4n) is 2.24. The fourth-order valence-corrected chi connectivity index (χ4v) is 2.24. The van der Waals surface area contributed by atoms with Crippen LogP contribution in [-0.2, 0) is 14.4 Å². The summed E-state index contributed by atoms with van der Waals surface area (Å²) in [6, 6.07) is 15.1. The average Bonchev–Trinajstić information content (AvgIpc) is 2.72. The number of hydrogen-bond donors (Lipinski definition) is 3. The van der Waals surface area contributed by atoms with Crippen LogP contribution in [0.2, 0.25) is 0 Å². The number of nitrogens with zero attached hydrogens (tertiary/aromatic N) is 2. The summed E-state index contributed by atoms with van der Waals surface area (Å²) in [6.07, 6.45) is -0.127. The molecule has 2 aromatic carbocycles. The second kappa shape index (κ2) is 10.2. The van der Waals surface area contributed by atoms with Crippen molar-refractivity contribution < 1.29 is 19.1 Å². The molecule has 9 heteroatoms. The molecule has 0 aliphatic heterocycles. The molecule has 2 aromatic rings. The molecule has 2 rings (SSSR count). The molecule has 9 nitrogen and oxygen atoms in total. The van der Waals surface area contributed by atoms with Crippen LogP contribution in [0.4, 0.5) is 11.4 Å². The number of nitrogens with one attached hydrogen (secondary N) is 3. The Morgan fingerprint density at radius 2 is 1.83 bits per heavy atom. The summed E-state index contributed by atoms with van der Waals surface area (Å²) in [4.78, 5) is 35.8. The van der Waals surface area contributed by atoms with Gasteiger partial charge in [0, 0.05) is 17.5 Å². The van der Waals surface area contributed by atoms with Gasteiger partial charge in [-0.25, -0.2) is 5.43 Å². The molecule has 0 saturated heterocycles. The van der Waals surface area contributed by atoms with Gasteiger partial charge in [-0.05, 0) is 31.2 Å². The predicted molar refractivity (Wildman–Crippen MR) is 107 cm³/mol. The number of hydrogen-bond acceptors (Lipinski definition) is 6. The quantitative estimate of drug-likeness (QED) is 0.392. The second-order valence-corrected chi connectivity index (χ2v) is 5.86. The molecule has 0 aromatic heterocycles. The Balaban J connectivity index is 1.87. The number of rotatable bonds is 6. The monoisotopic (exact) mass is 393 g/mol. The number of para-hydroxylation sites is 1. The minimum Gasteiger partial charge on any atom is -0.497 e. The summed E-state index contributed by atoms with van der Waals surface area (Å²) < 4.78 is 5.04. The Hall–Kier alpha value is -4.19. The molecule has 3 N–H and O–H groups in total. The lowest BCUT2D eigenvalue weighted by Crippen LogP contribution is -2.33. The Labute approximate surface area is 167 Å². The van der Waals surface area contributed by atoms with E-state index in [1.165, 1.54) is 14.0 Å². The second-order valence-electron chi connectivity index (χ2n) is 5.86. The molecule has 0 aliphatic carbocycles. The lowest BCUT2D eigenvalue weighted by Gasteiger charge is -2.07. The highest BCUT2D eigenvalue weighted by atomic mass is 16.5. The van der Waals surface area contributed by atoms with Crippen LogP contribution in [0.25, 0.3) is 0 Å². The summed E-state index contributed by atoms with van der Waals surface area (Å²) in [5, 5.41) is 17.8. The third-order valence-corrected chi connectivity index (χ3v) is 3.62. The van der Waals surface area contributed by atoms with E-state index in [-0.39, 0.29) is 12.1 Å². The van der Waals surface area contributed by atoms with Gasteiger partial charge in [-0.3, -0.25) is 14.4 Å². The van der Waals surface area contributed by atoms with Gasteiger partial charge in [-0.15, -0.1) is 0 Å². The first-order valence-corrected chi connectivity index (χ1v) is 8.50. The lowest BCUT2D eigenvalue weighted by atomic mass is 10.2. The van der Waals surface area contributed by atoms with Crippen LogP contribution in [0.1, 0.15) is 18.9 Å². The maximum absolute atomic E-state index is 12.1. The first kappa shape index (κ1) is 21.1. The van der Waals surface area contributed by atoms with Crippen molar-refractivity contribution in [3.63, 3.8) is 0 Å². The highest BCUT2D eigenvalue weighted by Gasteiger charge is 2.14. The normalized spacial score (nSPS) is 10.4. The maximum atomic E-state index is 12.1. The van der Waals surface area contributed by atoms with E-state index in [9.17, 15) is 14.4 Å². The number of ether oxygens (including phenoxy) is 1. The number of carbonyl (C=O) groups excluding carboxylic acids is 3. The summed E-state index contributed by atoms with van der Waals surface area (Å²) in [5.74, 6) is -1.78. The van der Waals surface area contributed by atoms with Gasteiger partial charge in [0.2, 0.25) is 5.91 Å². The summed E-state index contributed by atoms with van der Waals surface area (Å²) in [6.45, 7) is 1.52. The van der Waals surface area contributed by atoms with Crippen LogP contribution in [0.15, 0.2) is 53.6 Å². The van der Waals surface area contributed by atoms with Crippen LogP contribution in [0.5, 0.6) is 5.75 Å². The van der Waals surface area contributed by atoms with Crippen molar-refractivity contribution >= 4 is 34.8 Å². The van der Waals surface area contributed by atoms with E-state index in [4.69, 9.17) is 10.00 Å². The van der Waals surface area contributed by atoms with Gasteiger partial charge in [-0.1, -0.05) is 18.2 Å². The van der Waals surface area contributed by atoms with Gasteiger partial charge in [-0.2, -0.15) is 10.4 Å². The first-order chi connectivity index (χ1) is 13.9. The largest absolute Gasteiger partial charge is 0.497 e. The highest BCUT2D eigenvalue weighted by Crippen LogP contribution is 2.16.